The first-order valence-corrected chi connectivity index (χ1v) is 17.5. The number of carbonyl (C=O) groups excluding carboxylic acids is 5. The fourth-order valence-corrected chi connectivity index (χ4v) is 8.46. The molecular formula is C39H47N5O8. The molecule has 276 valence electrons. The van der Waals surface area contributed by atoms with Gasteiger partial charge < -0.3 is 30.2 Å². The number of phenolic OH excluding ortho intramolecular Hbond substituents is 1. The van der Waals surface area contributed by atoms with Gasteiger partial charge in [-0.1, -0.05) is 30.3 Å². The molecule has 52 heavy (non-hydrogen) atoms. The number of anilines is 1. The Morgan fingerprint density at radius 1 is 0.942 bits per heavy atom. The number of ketones is 4. The molecule has 1 heterocycles. The second-order valence-electron chi connectivity index (χ2n) is 15.1. The lowest BCUT2D eigenvalue weighted by molar-refractivity contribution is -0.181. The minimum Gasteiger partial charge on any atom is -0.506 e. The predicted octanol–water partition coefficient (Wildman–Crippen LogP) is 1.76. The second-order valence-corrected chi connectivity index (χ2v) is 15.1. The molecule has 2 saturated carbocycles. The highest BCUT2D eigenvalue weighted by Crippen LogP contribution is 2.53. The standard InChI is InChI=1S/C39H47N5O8/c1-41(2)14-15-44(19-21-10-8-7-9-11-21)20-23-12-13-28(52-23)25-18-27(42(3)4)24-16-22-17-26-32(43(5)6)35(47)31(38(40)50)37(49)39(26,51)36(48)29(22)34(46)30(24)33(25)45/h7-13,18,22,26,29,31-32,45,51H,14-17,19-20H2,1-6H3,(H2,40,50)/t22-,26-,29?,31?,32-,39-/m0/s1. The largest absolute Gasteiger partial charge is 0.506 e. The topological polar surface area (TPSA) is 178 Å². The molecule has 0 spiro atoms. The SMILES string of the molecule is CN(C)CCN(Cc1ccccc1)Cc1ccc(-c2cc(N(C)C)c3c(c2O)C(=O)C2C(=O)[C@]4(O)C(=O)C(C(N)=O)C(=O)[C@@H](N(C)C)[C@@H]4C[C@@H]2C3)o1. The average molecular weight is 714 g/mol. The number of hydrogen-bond acceptors (Lipinski definition) is 12. The van der Waals surface area contributed by atoms with Gasteiger partial charge in [0.25, 0.3) is 0 Å². The summed E-state index contributed by atoms with van der Waals surface area (Å²) in [5, 5.41) is 23.8. The number of likely N-dealkylation sites (N-methyl/N-ethyl adjacent to an activating group) is 2. The van der Waals surface area contributed by atoms with Crippen molar-refractivity contribution in [1.29, 1.82) is 0 Å². The van der Waals surface area contributed by atoms with Crippen LogP contribution in [0.2, 0.25) is 0 Å². The van der Waals surface area contributed by atoms with Crippen LogP contribution in [0.4, 0.5) is 5.69 Å². The summed E-state index contributed by atoms with van der Waals surface area (Å²) < 4.78 is 6.32. The fourth-order valence-electron chi connectivity index (χ4n) is 8.46. The molecular weight excluding hydrogens is 666 g/mol. The molecule has 6 atom stereocenters. The monoisotopic (exact) mass is 713 g/mol. The molecule has 0 bridgehead atoms. The smallest absolute Gasteiger partial charge is 0.235 e. The number of phenols is 1. The predicted molar refractivity (Wildman–Crippen MR) is 192 cm³/mol. The summed E-state index contributed by atoms with van der Waals surface area (Å²) in [6.45, 7) is 2.79. The van der Waals surface area contributed by atoms with Crippen LogP contribution < -0.4 is 10.6 Å². The van der Waals surface area contributed by atoms with Crippen molar-refractivity contribution < 1.29 is 38.6 Å². The van der Waals surface area contributed by atoms with E-state index in [4.69, 9.17) is 10.2 Å². The highest BCUT2D eigenvalue weighted by molar-refractivity contribution is 6.32. The van der Waals surface area contributed by atoms with Crippen LogP contribution in [0.15, 0.2) is 52.9 Å². The lowest BCUT2D eigenvalue weighted by Gasteiger charge is -2.52. The van der Waals surface area contributed by atoms with Gasteiger partial charge in [-0.15, -0.1) is 0 Å². The normalized spacial score (nSPS) is 25.8. The summed E-state index contributed by atoms with van der Waals surface area (Å²) in [6.07, 6.45) is 0.144. The third kappa shape index (κ3) is 6.25. The van der Waals surface area contributed by atoms with E-state index >= 15 is 0 Å². The van der Waals surface area contributed by atoms with E-state index in [9.17, 15) is 34.2 Å². The Bertz CT molecular complexity index is 1920. The van der Waals surface area contributed by atoms with Gasteiger partial charge in [-0.25, -0.2) is 0 Å². The number of nitrogens with two attached hydrogens (primary N) is 1. The lowest BCUT2D eigenvalue weighted by Crippen LogP contribution is -2.74. The van der Waals surface area contributed by atoms with Crippen molar-refractivity contribution in [3.63, 3.8) is 0 Å². The van der Waals surface area contributed by atoms with E-state index in [1.165, 1.54) is 4.90 Å². The van der Waals surface area contributed by atoms with Crippen molar-refractivity contribution >= 4 is 34.7 Å². The Kier molecular flexibility index (Phi) is 10.0. The number of carbonyl (C=O) groups is 5. The van der Waals surface area contributed by atoms with E-state index in [2.05, 4.69) is 21.9 Å². The zero-order chi connectivity index (χ0) is 37.8. The van der Waals surface area contributed by atoms with Gasteiger partial charge in [0.2, 0.25) is 5.91 Å². The summed E-state index contributed by atoms with van der Waals surface area (Å²) in [7, 11) is 10.8. The molecule has 1 amide bonds. The van der Waals surface area contributed by atoms with Crippen LogP contribution in [0, 0.1) is 23.7 Å². The van der Waals surface area contributed by atoms with Crippen molar-refractivity contribution in [2.24, 2.45) is 29.4 Å². The number of hydrogen-bond donors (Lipinski definition) is 3. The molecule has 3 aromatic rings. The molecule has 3 aliphatic rings. The number of aromatic hydroxyl groups is 1. The molecule has 13 heteroatoms. The van der Waals surface area contributed by atoms with Gasteiger partial charge in [0.05, 0.1) is 29.6 Å². The molecule has 4 N–H and O–H groups in total. The van der Waals surface area contributed by atoms with Crippen LogP contribution in [0.1, 0.15) is 33.7 Å². The number of benzene rings is 2. The Morgan fingerprint density at radius 2 is 1.63 bits per heavy atom. The van der Waals surface area contributed by atoms with Crippen LogP contribution >= 0.6 is 0 Å². The van der Waals surface area contributed by atoms with Crippen LogP contribution in [0.25, 0.3) is 11.3 Å². The Balaban J connectivity index is 1.37. The number of nitrogens with zero attached hydrogens (tertiary/aromatic N) is 4. The van der Waals surface area contributed by atoms with Crippen LogP contribution in [-0.4, -0.2) is 121 Å². The van der Waals surface area contributed by atoms with E-state index < -0.39 is 64.4 Å². The van der Waals surface area contributed by atoms with Gasteiger partial charge in [0.15, 0.2) is 34.7 Å². The maximum absolute atomic E-state index is 14.5. The van der Waals surface area contributed by atoms with Crippen LogP contribution in [-0.2, 0) is 38.7 Å². The lowest BCUT2D eigenvalue weighted by atomic mass is 9.52. The number of rotatable bonds is 11. The first-order valence-electron chi connectivity index (χ1n) is 17.5. The number of aliphatic hydroxyl groups is 1. The summed E-state index contributed by atoms with van der Waals surface area (Å²) in [6, 6.07) is 14.3. The minimum atomic E-state index is -2.79. The Labute approximate surface area is 302 Å². The molecule has 1 aromatic heterocycles. The van der Waals surface area contributed by atoms with Crippen molar-refractivity contribution in [2.45, 2.75) is 37.6 Å². The molecule has 0 aliphatic heterocycles. The zero-order valence-corrected chi connectivity index (χ0v) is 30.5. The molecule has 13 nitrogen and oxygen atoms in total. The molecule has 0 radical (unpaired) electrons. The van der Waals surface area contributed by atoms with Gasteiger partial charge >= 0.3 is 0 Å². The van der Waals surface area contributed by atoms with E-state index in [1.54, 1.807) is 26.2 Å². The van der Waals surface area contributed by atoms with Crippen molar-refractivity contribution in [3.8, 4) is 17.1 Å². The maximum Gasteiger partial charge on any atom is 0.235 e. The molecule has 2 fully saturated rings. The quantitative estimate of drug-likeness (QED) is 0.246. The van der Waals surface area contributed by atoms with Crippen molar-refractivity contribution in [1.82, 2.24) is 14.7 Å². The molecule has 6 rings (SSSR count). The van der Waals surface area contributed by atoms with Crippen LogP contribution in [0.3, 0.4) is 0 Å². The fraction of sp³-hybridized carbons (Fsp3) is 0.462. The molecule has 2 unspecified atom stereocenters. The summed E-state index contributed by atoms with van der Waals surface area (Å²) in [5.41, 5.74) is 5.14. The minimum absolute atomic E-state index is 0.0197. The van der Waals surface area contributed by atoms with Gasteiger partial charge in [0.1, 0.15) is 17.3 Å². The Hall–Kier alpha value is -4.69. The molecule has 0 saturated heterocycles. The van der Waals surface area contributed by atoms with E-state index in [0.717, 1.165) is 18.7 Å². The Morgan fingerprint density at radius 3 is 2.25 bits per heavy atom. The second kappa shape index (κ2) is 14.0. The van der Waals surface area contributed by atoms with Gasteiger partial charge in [-0.3, -0.25) is 33.8 Å². The van der Waals surface area contributed by atoms with Gasteiger partial charge in [-0.05, 0) is 76.3 Å². The zero-order valence-electron chi connectivity index (χ0n) is 30.5. The summed E-state index contributed by atoms with van der Waals surface area (Å²) in [4.78, 5) is 75.8. The number of fused-ring (bicyclic) bond motifs is 3. The van der Waals surface area contributed by atoms with E-state index in [1.807, 2.05) is 57.4 Å². The highest BCUT2D eigenvalue weighted by atomic mass is 16.3. The third-order valence-corrected chi connectivity index (χ3v) is 10.9. The average Bonchev–Trinajstić information content (AvgIpc) is 3.53. The first-order chi connectivity index (χ1) is 24.6. The highest BCUT2D eigenvalue weighted by Gasteiger charge is 2.69. The van der Waals surface area contributed by atoms with Crippen molar-refractivity contribution in [2.75, 3.05) is 60.3 Å². The number of furan rings is 1. The van der Waals surface area contributed by atoms with Gasteiger partial charge in [-0.2, -0.15) is 0 Å². The van der Waals surface area contributed by atoms with Gasteiger partial charge in [0, 0.05) is 45.3 Å². The van der Waals surface area contributed by atoms with E-state index in [0.29, 0.717) is 35.9 Å². The molecule has 2 aromatic carbocycles. The first kappa shape index (κ1) is 37.1. The van der Waals surface area contributed by atoms with Crippen LogP contribution in [0.5, 0.6) is 5.75 Å². The number of amides is 1. The molecule has 3 aliphatic carbocycles. The van der Waals surface area contributed by atoms with Crippen molar-refractivity contribution in [3.05, 3.63) is 71.0 Å². The summed E-state index contributed by atoms with van der Waals surface area (Å²) in [5.74, 6) is -9.93. The number of primary amides is 1. The number of Topliss-reactive ketones (excluding diaryl/α,β-unsaturated/α-hetero) is 4. The van der Waals surface area contributed by atoms with E-state index in [-0.39, 0.29) is 29.7 Å². The summed E-state index contributed by atoms with van der Waals surface area (Å²) >= 11 is 0. The third-order valence-electron chi connectivity index (χ3n) is 10.9. The maximum atomic E-state index is 14.5.